The minimum Gasteiger partial charge on any atom is -0.346 e. The van der Waals surface area contributed by atoms with Gasteiger partial charge in [0.15, 0.2) is 0 Å². The topological polar surface area (TPSA) is 72.2 Å². The van der Waals surface area contributed by atoms with Crippen molar-refractivity contribution >= 4 is 17.7 Å². The quantitative estimate of drug-likeness (QED) is 0.498. The molecule has 1 atom stereocenters. The van der Waals surface area contributed by atoms with Gasteiger partial charge in [-0.1, -0.05) is 24.3 Å². The molecule has 130 valence electrons. The standard InChI is InChI=1S/C20H22N2O3/c1-13-10-15(3)19(11-14(13)2)16(4)21-20(23)9-8-17-6-5-7-18(12-17)22(24)25/h5-12,16H,1-4H3,(H,21,23)/b9-8+. The van der Waals surface area contributed by atoms with Crippen molar-refractivity contribution in [3.63, 3.8) is 0 Å². The van der Waals surface area contributed by atoms with Crippen molar-refractivity contribution in [1.29, 1.82) is 0 Å². The highest BCUT2D eigenvalue weighted by Gasteiger charge is 2.11. The first-order chi connectivity index (χ1) is 11.8. The van der Waals surface area contributed by atoms with Crippen LogP contribution in [0.1, 0.15) is 40.8 Å². The Morgan fingerprint density at radius 2 is 1.80 bits per heavy atom. The van der Waals surface area contributed by atoms with Gasteiger partial charge in [0.2, 0.25) is 5.91 Å². The molecule has 1 amide bonds. The zero-order valence-corrected chi connectivity index (χ0v) is 14.9. The predicted octanol–water partition coefficient (Wildman–Crippen LogP) is 4.41. The van der Waals surface area contributed by atoms with E-state index in [1.54, 1.807) is 18.2 Å². The smallest absolute Gasteiger partial charge is 0.270 e. The number of carbonyl (C=O) groups excluding carboxylic acids is 1. The summed E-state index contributed by atoms with van der Waals surface area (Å²) < 4.78 is 0. The number of non-ortho nitro benzene ring substituents is 1. The predicted molar refractivity (Wildman–Crippen MR) is 99.3 cm³/mol. The third-order valence-corrected chi connectivity index (χ3v) is 4.22. The lowest BCUT2D eigenvalue weighted by molar-refractivity contribution is -0.384. The maximum Gasteiger partial charge on any atom is 0.270 e. The third-order valence-electron chi connectivity index (χ3n) is 4.22. The molecule has 5 heteroatoms. The second-order valence-corrected chi connectivity index (χ2v) is 6.21. The van der Waals surface area contributed by atoms with Gasteiger partial charge in [0.1, 0.15) is 0 Å². The Morgan fingerprint density at radius 3 is 2.48 bits per heavy atom. The maximum atomic E-state index is 12.2. The number of hydrogen-bond acceptors (Lipinski definition) is 3. The molecule has 0 radical (unpaired) electrons. The lowest BCUT2D eigenvalue weighted by atomic mass is 9.96. The summed E-state index contributed by atoms with van der Waals surface area (Å²) in [5.41, 5.74) is 5.25. The summed E-state index contributed by atoms with van der Waals surface area (Å²) in [6.45, 7) is 8.09. The van der Waals surface area contributed by atoms with Crippen LogP contribution in [0.2, 0.25) is 0 Å². The van der Waals surface area contributed by atoms with E-state index in [-0.39, 0.29) is 17.6 Å². The first-order valence-corrected chi connectivity index (χ1v) is 8.08. The van der Waals surface area contributed by atoms with Gasteiger partial charge in [0, 0.05) is 18.2 Å². The van der Waals surface area contributed by atoms with E-state index >= 15 is 0 Å². The van der Waals surface area contributed by atoms with Crippen LogP contribution in [-0.2, 0) is 4.79 Å². The molecule has 0 saturated heterocycles. The highest BCUT2D eigenvalue weighted by molar-refractivity contribution is 5.92. The average Bonchev–Trinajstić information content (AvgIpc) is 2.56. The molecular formula is C20H22N2O3. The molecule has 0 fully saturated rings. The highest BCUT2D eigenvalue weighted by Crippen LogP contribution is 2.21. The Bertz CT molecular complexity index is 841. The van der Waals surface area contributed by atoms with Gasteiger partial charge < -0.3 is 5.32 Å². The minimum atomic E-state index is -0.456. The largest absolute Gasteiger partial charge is 0.346 e. The molecule has 1 N–H and O–H groups in total. The molecule has 0 aliphatic rings. The maximum absolute atomic E-state index is 12.2. The molecule has 2 aromatic rings. The number of nitrogens with zero attached hydrogens (tertiary/aromatic N) is 1. The number of amides is 1. The fourth-order valence-electron chi connectivity index (χ4n) is 2.70. The minimum absolute atomic E-state index is 0.00156. The van der Waals surface area contributed by atoms with Crippen molar-refractivity contribution in [2.45, 2.75) is 33.7 Å². The zero-order valence-electron chi connectivity index (χ0n) is 14.9. The normalized spacial score (nSPS) is 12.2. The fourth-order valence-corrected chi connectivity index (χ4v) is 2.70. The Labute approximate surface area is 147 Å². The van der Waals surface area contributed by atoms with E-state index in [4.69, 9.17) is 0 Å². The SMILES string of the molecule is Cc1cc(C)c(C(C)NC(=O)/C=C/c2cccc([N+](=O)[O-])c2)cc1C. The molecular weight excluding hydrogens is 316 g/mol. The Kier molecular flexibility index (Phi) is 5.70. The van der Waals surface area contributed by atoms with Gasteiger partial charge >= 0.3 is 0 Å². The van der Waals surface area contributed by atoms with Crippen LogP contribution in [0.4, 0.5) is 5.69 Å². The summed E-state index contributed by atoms with van der Waals surface area (Å²) in [5.74, 6) is -0.239. The van der Waals surface area contributed by atoms with Gasteiger partial charge in [-0.25, -0.2) is 0 Å². The van der Waals surface area contributed by atoms with Crippen LogP contribution in [0.5, 0.6) is 0 Å². The number of nitrogens with one attached hydrogen (secondary N) is 1. The number of carbonyl (C=O) groups is 1. The molecule has 5 nitrogen and oxygen atoms in total. The van der Waals surface area contributed by atoms with Crippen molar-refractivity contribution in [1.82, 2.24) is 5.32 Å². The molecule has 0 aliphatic heterocycles. The van der Waals surface area contributed by atoms with Gasteiger partial charge in [-0.05, 0) is 61.6 Å². The number of nitro benzene ring substituents is 1. The molecule has 25 heavy (non-hydrogen) atoms. The van der Waals surface area contributed by atoms with Gasteiger partial charge in [-0.3, -0.25) is 14.9 Å². The van der Waals surface area contributed by atoms with E-state index in [2.05, 4.69) is 31.3 Å². The molecule has 0 aromatic heterocycles. The van der Waals surface area contributed by atoms with E-state index < -0.39 is 4.92 Å². The Hall–Kier alpha value is -2.95. The molecule has 0 heterocycles. The van der Waals surface area contributed by atoms with Crippen molar-refractivity contribution < 1.29 is 9.72 Å². The first-order valence-electron chi connectivity index (χ1n) is 8.08. The Morgan fingerprint density at radius 1 is 1.12 bits per heavy atom. The number of hydrogen-bond donors (Lipinski definition) is 1. The molecule has 0 bridgehead atoms. The Balaban J connectivity index is 2.08. The molecule has 0 saturated carbocycles. The van der Waals surface area contributed by atoms with Gasteiger partial charge in [0.05, 0.1) is 11.0 Å². The monoisotopic (exact) mass is 338 g/mol. The average molecular weight is 338 g/mol. The van der Waals surface area contributed by atoms with Crippen molar-refractivity contribution in [2.75, 3.05) is 0 Å². The molecule has 0 aliphatic carbocycles. The van der Waals surface area contributed by atoms with E-state index in [0.717, 1.165) is 11.1 Å². The molecule has 0 spiro atoms. The number of benzene rings is 2. The number of aryl methyl sites for hydroxylation is 3. The lowest BCUT2D eigenvalue weighted by Gasteiger charge is -2.17. The second kappa shape index (κ2) is 7.75. The first kappa shape index (κ1) is 18.4. The van der Waals surface area contributed by atoms with Crippen molar-refractivity contribution in [2.24, 2.45) is 0 Å². The molecule has 2 aromatic carbocycles. The van der Waals surface area contributed by atoms with Gasteiger partial charge in [-0.2, -0.15) is 0 Å². The summed E-state index contributed by atoms with van der Waals surface area (Å²) in [7, 11) is 0. The van der Waals surface area contributed by atoms with Crippen LogP contribution in [0.25, 0.3) is 6.08 Å². The van der Waals surface area contributed by atoms with Crippen LogP contribution in [0.3, 0.4) is 0 Å². The lowest BCUT2D eigenvalue weighted by Crippen LogP contribution is -2.25. The van der Waals surface area contributed by atoms with Crippen LogP contribution in [0.15, 0.2) is 42.5 Å². The summed E-state index contributed by atoms with van der Waals surface area (Å²) >= 11 is 0. The van der Waals surface area contributed by atoms with Crippen LogP contribution < -0.4 is 5.32 Å². The van der Waals surface area contributed by atoms with Gasteiger partial charge in [0.25, 0.3) is 5.69 Å². The third kappa shape index (κ3) is 4.76. The number of rotatable bonds is 5. The summed E-state index contributed by atoms with van der Waals surface area (Å²) in [4.78, 5) is 22.5. The second-order valence-electron chi connectivity index (χ2n) is 6.21. The highest BCUT2D eigenvalue weighted by atomic mass is 16.6. The van der Waals surface area contributed by atoms with E-state index in [1.807, 2.05) is 13.8 Å². The van der Waals surface area contributed by atoms with E-state index in [9.17, 15) is 14.9 Å². The summed E-state index contributed by atoms with van der Waals surface area (Å²) in [6.07, 6.45) is 2.97. The van der Waals surface area contributed by atoms with Crippen molar-refractivity contribution in [3.05, 3.63) is 80.4 Å². The van der Waals surface area contributed by atoms with Crippen molar-refractivity contribution in [3.8, 4) is 0 Å². The number of nitro groups is 1. The summed E-state index contributed by atoms with van der Waals surface area (Å²) in [5, 5.41) is 13.7. The van der Waals surface area contributed by atoms with Crippen LogP contribution in [-0.4, -0.2) is 10.8 Å². The summed E-state index contributed by atoms with van der Waals surface area (Å²) in [6, 6.07) is 10.3. The molecule has 1 unspecified atom stereocenters. The zero-order chi connectivity index (χ0) is 18.6. The fraction of sp³-hybridized carbons (Fsp3) is 0.250. The van der Waals surface area contributed by atoms with Crippen LogP contribution in [0, 0.1) is 30.9 Å². The van der Waals surface area contributed by atoms with E-state index in [0.29, 0.717) is 5.56 Å². The van der Waals surface area contributed by atoms with Gasteiger partial charge in [-0.15, -0.1) is 0 Å². The van der Waals surface area contributed by atoms with Crippen LogP contribution >= 0.6 is 0 Å². The van der Waals surface area contributed by atoms with E-state index in [1.165, 1.54) is 29.3 Å². The molecule has 2 rings (SSSR count).